The number of nitrogens with zero attached hydrogens (tertiary/aromatic N) is 2. The monoisotopic (exact) mass is 288 g/mol. The van der Waals surface area contributed by atoms with E-state index in [-0.39, 0.29) is 31.2 Å². The summed E-state index contributed by atoms with van der Waals surface area (Å²) < 4.78 is 25.5. The van der Waals surface area contributed by atoms with Gasteiger partial charge in [-0.2, -0.15) is 5.26 Å². The summed E-state index contributed by atoms with van der Waals surface area (Å²) in [6.45, 7) is 5.40. The average Bonchev–Trinajstić information content (AvgIpc) is 2.70. The summed E-state index contributed by atoms with van der Waals surface area (Å²) in [5, 5.41) is 17.9. The Bertz CT molecular complexity index is 492. The third-order valence-corrected chi connectivity index (χ3v) is 5.38. The minimum Gasteiger partial charge on any atom is -0.481 e. The van der Waals surface area contributed by atoms with Crippen LogP contribution >= 0.6 is 0 Å². The molecule has 0 aliphatic carbocycles. The molecule has 0 radical (unpaired) electrons. The molecular weight excluding hydrogens is 268 g/mol. The molecule has 1 heterocycles. The number of carbonyl (C=O) groups is 1. The second-order valence-corrected chi connectivity index (χ2v) is 7.89. The van der Waals surface area contributed by atoms with Gasteiger partial charge in [0, 0.05) is 13.1 Å². The van der Waals surface area contributed by atoms with Crippen molar-refractivity contribution >= 4 is 16.0 Å². The van der Waals surface area contributed by atoms with Crippen LogP contribution < -0.4 is 0 Å². The van der Waals surface area contributed by atoms with Crippen LogP contribution in [0.4, 0.5) is 0 Å². The van der Waals surface area contributed by atoms with E-state index in [1.807, 2.05) is 0 Å². The van der Waals surface area contributed by atoms with Gasteiger partial charge >= 0.3 is 5.97 Å². The van der Waals surface area contributed by atoms with Crippen molar-refractivity contribution in [3.8, 4) is 6.07 Å². The maximum Gasteiger partial charge on any atom is 0.308 e. The van der Waals surface area contributed by atoms with E-state index in [4.69, 9.17) is 10.4 Å². The highest BCUT2D eigenvalue weighted by atomic mass is 32.2. The molecule has 1 saturated heterocycles. The van der Waals surface area contributed by atoms with Crippen molar-refractivity contribution in [3.05, 3.63) is 0 Å². The van der Waals surface area contributed by atoms with Crippen molar-refractivity contribution in [3.63, 3.8) is 0 Å². The molecule has 0 aromatic carbocycles. The fraction of sp³-hybridized carbons (Fsp3) is 0.833. The fourth-order valence-corrected chi connectivity index (χ4v) is 3.92. The van der Waals surface area contributed by atoms with Gasteiger partial charge in [0.15, 0.2) is 0 Å². The van der Waals surface area contributed by atoms with Crippen LogP contribution in [0.25, 0.3) is 0 Å². The summed E-state index contributed by atoms with van der Waals surface area (Å²) in [6.07, 6.45) is 0.244. The quantitative estimate of drug-likeness (QED) is 0.810. The van der Waals surface area contributed by atoms with Gasteiger partial charge in [0.05, 0.1) is 23.2 Å². The van der Waals surface area contributed by atoms with E-state index in [2.05, 4.69) is 6.07 Å². The molecule has 108 valence electrons. The zero-order valence-corrected chi connectivity index (χ0v) is 12.3. The summed E-state index contributed by atoms with van der Waals surface area (Å²) in [6, 6.07) is 2.06. The number of carboxylic acid groups (broad SMARTS) is 1. The van der Waals surface area contributed by atoms with Crippen LogP contribution in [0.2, 0.25) is 0 Å². The van der Waals surface area contributed by atoms with Gasteiger partial charge in [0.1, 0.15) is 0 Å². The van der Waals surface area contributed by atoms with Gasteiger partial charge in [-0.15, -0.1) is 0 Å². The fourth-order valence-electron chi connectivity index (χ4n) is 2.04. The van der Waals surface area contributed by atoms with Crippen LogP contribution in [0, 0.1) is 28.6 Å². The molecule has 0 bridgehead atoms. The Balaban J connectivity index is 2.71. The summed E-state index contributed by atoms with van der Waals surface area (Å²) in [5.74, 6) is -1.90. The van der Waals surface area contributed by atoms with Crippen molar-refractivity contribution in [2.45, 2.75) is 27.2 Å². The lowest BCUT2D eigenvalue weighted by atomic mass is 9.93. The highest BCUT2D eigenvalue weighted by Crippen LogP contribution is 2.27. The lowest BCUT2D eigenvalue weighted by Gasteiger charge is -2.19. The predicted octanol–water partition coefficient (Wildman–Crippen LogP) is 0.909. The first-order valence-corrected chi connectivity index (χ1v) is 7.82. The number of hydrogen-bond acceptors (Lipinski definition) is 4. The Hall–Kier alpha value is -1.13. The average molecular weight is 288 g/mol. The van der Waals surface area contributed by atoms with Crippen molar-refractivity contribution in [2.24, 2.45) is 17.3 Å². The predicted molar refractivity (Wildman–Crippen MR) is 69.7 cm³/mol. The van der Waals surface area contributed by atoms with Gasteiger partial charge in [-0.3, -0.25) is 4.79 Å². The van der Waals surface area contributed by atoms with E-state index in [1.54, 1.807) is 20.8 Å². The molecule has 0 amide bonds. The van der Waals surface area contributed by atoms with E-state index in [9.17, 15) is 13.2 Å². The molecule has 7 heteroatoms. The number of rotatable bonds is 5. The van der Waals surface area contributed by atoms with E-state index >= 15 is 0 Å². The van der Waals surface area contributed by atoms with Crippen molar-refractivity contribution < 1.29 is 18.3 Å². The standard InChI is InChI=1S/C12H20N2O4S/c1-9-6-14(7-10(9)11(15)16)19(17,18)5-4-12(2,3)8-13/h9-10H,4-7H2,1-3H3,(H,15,16)/t9-,10-/m1/s1. The highest BCUT2D eigenvalue weighted by Gasteiger charge is 2.40. The molecule has 1 aliphatic rings. The van der Waals surface area contributed by atoms with Crippen molar-refractivity contribution in [2.75, 3.05) is 18.8 Å². The molecule has 1 aliphatic heterocycles. The second kappa shape index (κ2) is 5.47. The van der Waals surface area contributed by atoms with Crippen molar-refractivity contribution in [1.82, 2.24) is 4.31 Å². The Morgan fingerprint density at radius 1 is 1.47 bits per heavy atom. The van der Waals surface area contributed by atoms with Crippen LogP contribution in [0.15, 0.2) is 0 Å². The van der Waals surface area contributed by atoms with Gasteiger partial charge in [-0.05, 0) is 26.2 Å². The maximum atomic E-state index is 12.1. The first-order chi connectivity index (χ1) is 8.59. The number of aliphatic carboxylic acids is 1. The Morgan fingerprint density at radius 3 is 2.47 bits per heavy atom. The minimum atomic E-state index is -3.48. The maximum absolute atomic E-state index is 12.1. The van der Waals surface area contributed by atoms with Crippen LogP contribution in [0.5, 0.6) is 0 Å². The lowest BCUT2D eigenvalue weighted by molar-refractivity contribution is -0.142. The van der Waals surface area contributed by atoms with Crippen LogP contribution in [0.1, 0.15) is 27.2 Å². The number of carboxylic acids is 1. The third kappa shape index (κ3) is 3.91. The Morgan fingerprint density at radius 2 is 2.05 bits per heavy atom. The van der Waals surface area contributed by atoms with Crippen LogP contribution in [0.3, 0.4) is 0 Å². The number of hydrogen-bond donors (Lipinski definition) is 1. The van der Waals surface area contributed by atoms with E-state index in [0.29, 0.717) is 0 Å². The van der Waals surface area contributed by atoms with Crippen LogP contribution in [-0.4, -0.2) is 42.6 Å². The lowest BCUT2D eigenvalue weighted by Crippen LogP contribution is -2.33. The van der Waals surface area contributed by atoms with Gasteiger partial charge in [-0.25, -0.2) is 12.7 Å². The molecule has 1 N–H and O–H groups in total. The summed E-state index contributed by atoms with van der Waals surface area (Å²) in [7, 11) is -3.48. The molecule has 0 unspecified atom stereocenters. The molecule has 1 rings (SSSR count). The zero-order valence-electron chi connectivity index (χ0n) is 11.5. The Kier molecular flexibility index (Phi) is 4.59. The van der Waals surface area contributed by atoms with Gasteiger partial charge in [-0.1, -0.05) is 6.92 Å². The first kappa shape index (κ1) is 15.9. The number of nitriles is 1. The van der Waals surface area contributed by atoms with Gasteiger partial charge in [0.2, 0.25) is 10.0 Å². The highest BCUT2D eigenvalue weighted by molar-refractivity contribution is 7.89. The molecular formula is C12H20N2O4S. The molecule has 0 aromatic rings. The van der Waals surface area contributed by atoms with E-state index in [1.165, 1.54) is 4.31 Å². The SMILES string of the molecule is C[C@@H]1CN(S(=O)(=O)CCC(C)(C)C#N)C[C@H]1C(=O)O. The molecule has 0 aromatic heterocycles. The molecule has 2 atom stereocenters. The van der Waals surface area contributed by atoms with Gasteiger partial charge in [0.25, 0.3) is 0 Å². The third-order valence-electron chi connectivity index (χ3n) is 3.58. The first-order valence-electron chi connectivity index (χ1n) is 6.21. The van der Waals surface area contributed by atoms with Crippen LogP contribution in [-0.2, 0) is 14.8 Å². The topological polar surface area (TPSA) is 98.5 Å². The minimum absolute atomic E-state index is 0.0335. The van der Waals surface area contributed by atoms with E-state index < -0.39 is 27.3 Å². The smallest absolute Gasteiger partial charge is 0.308 e. The molecule has 19 heavy (non-hydrogen) atoms. The summed E-state index contributed by atoms with van der Waals surface area (Å²) >= 11 is 0. The normalized spacial score (nSPS) is 25.2. The van der Waals surface area contributed by atoms with E-state index in [0.717, 1.165) is 0 Å². The number of sulfonamides is 1. The molecule has 6 nitrogen and oxygen atoms in total. The molecule has 0 saturated carbocycles. The summed E-state index contributed by atoms with van der Waals surface area (Å²) in [4.78, 5) is 11.0. The second-order valence-electron chi connectivity index (χ2n) is 5.80. The van der Waals surface area contributed by atoms with Crippen molar-refractivity contribution in [1.29, 1.82) is 5.26 Å². The largest absolute Gasteiger partial charge is 0.481 e. The summed E-state index contributed by atoms with van der Waals surface area (Å²) in [5.41, 5.74) is -0.690. The zero-order chi connectivity index (χ0) is 14.8. The Labute approximate surface area is 114 Å². The van der Waals surface area contributed by atoms with Gasteiger partial charge < -0.3 is 5.11 Å². The molecule has 1 fully saturated rings. The molecule has 0 spiro atoms.